The zero-order chi connectivity index (χ0) is 19.2. The van der Waals surface area contributed by atoms with E-state index in [9.17, 15) is 14.4 Å². The van der Waals surface area contributed by atoms with Gasteiger partial charge in [0.15, 0.2) is 6.61 Å². The van der Waals surface area contributed by atoms with E-state index in [-0.39, 0.29) is 12.5 Å². The van der Waals surface area contributed by atoms with Crippen molar-refractivity contribution in [1.29, 1.82) is 0 Å². The van der Waals surface area contributed by atoms with Crippen LogP contribution < -0.4 is 14.5 Å². The molecule has 7 heteroatoms. The van der Waals surface area contributed by atoms with E-state index < -0.39 is 18.4 Å². The van der Waals surface area contributed by atoms with Gasteiger partial charge in [0.05, 0.1) is 0 Å². The summed E-state index contributed by atoms with van der Waals surface area (Å²) in [6.45, 7) is -0.0227. The summed E-state index contributed by atoms with van der Waals surface area (Å²) in [6, 6.07) is 15.5. The second-order valence-electron chi connectivity index (χ2n) is 6.14. The number of benzene rings is 2. The molecule has 140 valence electrons. The minimum atomic E-state index is -1.10. The molecule has 1 heterocycles. The summed E-state index contributed by atoms with van der Waals surface area (Å²) in [7, 11) is 0. The van der Waals surface area contributed by atoms with Gasteiger partial charge < -0.3 is 14.7 Å². The molecule has 27 heavy (non-hydrogen) atoms. The number of carboxylic acids is 1. The number of carbonyl (C=O) groups excluding carboxylic acids is 2. The summed E-state index contributed by atoms with van der Waals surface area (Å²) in [5, 5.41) is 9.07. The molecule has 0 aromatic heterocycles. The van der Waals surface area contributed by atoms with Gasteiger partial charge in [0.25, 0.3) is 5.91 Å². The largest absolute Gasteiger partial charge is 0.484 e. The minimum Gasteiger partial charge on any atom is -0.484 e. The first-order valence-electron chi connectivity index (χ1n) is 8.65. The third-order valence-corrected chi connectivity index (χ3v) is 4.25. The van der Waals surface area contributed by atoms with Crippen LogP contribution in [0.1, 0.15) is 12.8 Å². The van der Waals surface area contributed by atoms with Crippen molar-refractivity contribution in [1.82, 2.24) is 0 Å². The van der Waals surface area contributed by atoms with Gasteiger partial charge >= 0.3 is 5.97 Å². The standard InChI is InChI=1S/C20H20N2O5/c23-18-7-4-12-21(18)16-8-10-17(11-9-16)27-14-19(24)22(13-20(25)26)15-5-2-1-3-6-15/h1-3,5-6,8-11H,4,7,12-14H2,(H,25,26). The molecule has 0 spiro atoms. The van der Waals surface area contributed by atoms with E-state index in [0.29, 0.717) is 24.4 Å². The van der Waals surface area contributed by atoms with E-state index in [2.05, 4.69) is 0 Å². The van der Waals surface area contributed by atoms with Crippen LogP contribution in [-0.4, -0.2) is 42.6 Å². The lowest BCUT2D eigenvalue weighted by atomic mass is 10.2. The Kier molecular flexibility index (Phi) is 5.71. The van der Waals surface area contributed by atoms with Crippen LogP contribution in [0.5, 0.6) is 5.75 Å². The summed E-state index contributed by atoms with van der Waals surface area (Å²) in [4.78, 5) is 38.2. The molecule has 0 radical (unpaired) electrons. The number of carbonyl (C=O) groups is 3. The molecular weight excluding hydrogens is 348 g/mol. The Bertz CT molecular complexity index is 820. The average molecular weight is 368 g/mol. The Hall–Kier alpha value is -3.35. The molecule has 1 saturated heterocycles. The van der Waals surface area contributed by atoms with Crippen LogP contribution in [0.4, 0.5) is 11.4 Å². The quantitative estimate of drug-likeness (QED) is 0.810. The van der Waals surface area contributed by atoms with Crippen LogP contribution in [-0.2, 0) is 14.4 Å². The molecule has 1 aliphatic heterocycles. The molecule has 1 N–H and O–H groups in total. The number of rotatable bonds is 7. The van der Waals surface area contributed by atoms with Crippen LogP contribution in [0.3, 0.4) is 0 Å². The molecule has 2 aromatic rings. The van der Waals surface area contributed by atoms with E-state index >= 15 is 0 Å². The summed E-state index contributed by atoms with van der Waals surface area (Å²) in [6.07, 6.45) is 1.41. The van der Waals surface area contributed by atoms with Gasteiger partial charge in [0, 0.05) is 24.3 Å². The maximum absolute atomic E-state index is 12.5. The van der Waals surface area contributed by atoms with Gasteiger partial charge in [-0.2, -0.15) is 0 Å². The predicted octanol–water partition coefficient (Wildman–Crippen LogP) is 2.31. The van der Waals surface area contributed by atoms with E-state index in [1.807, 2.05) is 0 Å². The first-order chi connectivity index (χ1) is 13.0. The van der Waals surface area contributed by atoms with Crippen molar-refractivity contribution in [3.63, 3.8) is 0 Å². The Morgan fingerprint density at radius 3 is 2.37 bits per heavy atom. The zero-order valence-electron chi connectivity index (χ0n) is 14.7. The maximum atomic E-state index is 12.5. The number of hydrogen-bond donors (Lipinski definition) is 1. The van der Waals surface area contributed by atoms with Gasteiger partial charge in [-0.3, -0.25) is 19.3 Å². The van der Waals surface area contributed by atoms with Crippen molar-refractivity contribution in [2.45, 2.75) is 12.8 Å². The number of nitrogens with zero attached hydrogens (tertiary/aromatic N) is 2. The fourth-order valence-corrected chi connectivity index (χ4v) is 2.93. The van der Waals surface area contributed by atoms with Gasteiger partial charge in [0.2, 0.25) is 5.91 Å². The fraction of sp³-hybridized carbons (Fsp3) is 0.250. The number of anilines is 2. The van der Waals surface area contributed by atoms with E-state index in [1.54, 1.807) is 59.5 Å². The zero-order valence-corrected chi connectivity index (χ0v) is 14.7. The molecule has 0 atom stereocenters. The molecule has 2 aromatic carbocycles. The van der Waals surface area contributed by atoms with E-state index in [0.717, 1.165) is 12.1 Å². The average Bonchev–Trinajstić information content (AvgIpc) is 3.11. The molecule has 0 bridgehead atoms. The number of aliphatic carboxylic acids is 1. The Morgan fingerprint density at radius 1 is 1.07 bits per heavy atom. The van der Waals surface area contributed by atoms with Gasteiger partial charge in [-0.05, 0) is 42.8 Å². The van der Waals surface area contributed by atoms with Crippen molar-refractivity contribution in [2.24, 2.45) is 0 Å². The SMILES string of the molecule is O=C(O)CN(C(=O)COc1ccc(N2CCCC2=O)cc1)c1ccccc1. The lowest BCUT2D eigenvalue weighted by Crippen LogP contribution is -2.38. The van der Waals surface area contributed by atoms with Gasteiger partial charge in [-0.25, -0.2) is 0 Å². The van der Waals surface area contributed by atoms with Gasteiger partial charge in [0.1, 0.15) is 12.3 Å². The highest BCUT2D eigenvalue weighted by molar-refractivity contribution is 5.98. The van der Waals surface area contributed by atoms with Crippen LogP contribution in [0, 0.1) is 0 Å². The van der Waals surface area contributed by atoms with Crippen molar-refractivity contribution in [3.05, 3.63) is 54.6 Å². The van der Waals surface area contributed by atoms with E-state index in [1.165, 1.54) is 4.90 Å². The summed E-state index contributed by atoms with van der Waals surface area (Å²) >= 11 is 0. The third-order valence-electron chi connectivity index (χ3n) is 4.25. The number of carboxylic acid groups (broad SMARTS) is 1. The molecular formula is C20H20N2O5. The lowest BCUT2D eigenvalue weighted by molar-refractivity contribution is -0.136. The lowest BCUT2D eigenvalue weighted by Gasteiger charge is -2.21. The normalized spacial score (nSPS) is 13.5. The van der Waals surface area contributed by atoms with Crippen LogP contribution in [0.25, 0.3) is 0 Å². The Balaban J connectivity index is 1.63. The van der Waals surface area contributed by atoms with Crippen molar-refractivity contribution in [3.8, 4) is 5.75 Å². The van der Waals surface area contributed by atoms with E-state index in [4.69, 9.17) is 9.84 Å². The molecule has 0 unspecified atom stereocenters. The fourth-order valence-electron chi connectivity index (χ4n) is 2.93. The molecule has 3 rings (SSSR count). The Morgan fingerprint density at radius 2 is 1.78 bits per heavy atom. The first-order valence-corrected chi connectivity index (χ1v) is 8.65. The van der Waals surface area contributed by atoms with Crippen LogP contribution in [0.15, 0.2) is 54.6 Å². The highest BCUT2D eigenvalue weighted by Gasteiger charge is 2.22. The number of hydrogen-bond acceptors (Lipinski definition) is 4. The number of ether oxygens (including phenoxy) is 1. The second-order valence-corrected chi connectivity index (χ2v) is 6.14. The molecule has 1 fully saturated rings. The Labute approximate surface area is 156 Å². The first kappa shape index (κ1) is 18.4. The molecule has 1 aliphatic rings. The smallest absolute Gasteiger partial charge is 0.323 e. The third kappa shape index (κ3) is 4.63. The van der Waals surface area contributed by atoms with Crippen molar-refractivity contribution in [2.75, 3.05) is 29.5 Å². The molecule has 7 nitrogen and oxygen atoms in total. The minimum absolute atomic E-state index is 0.103. The number of para-hydroxylation sites is 1. The molecule has 2 amide bonds. The van der Waals surface area contributed by atoms with Gasteiger partial charge in [-0.15, -0.1) is 0 Å². The maximum Gasteiger partial charge on any atom is 0.323 e. The number of amides is 2. The second kappa shape index (κ2) is 8.35. The summed E-state index contributed by atoms with van der Waals surface area (Å²) in [5.41, 5.74) is 1.30. The summed E-state index contributed by atoms with van der Waals surface area (Å²) < 4.78 is 5.51. The molecule has 0 saturated carbocycles. The highest BCUT2D eigenvalue weighted by Crippen LogP contribution is 2.24. The van der Waals surface area contributed by atoms with Crippen LogP contribution in [0.2, 0.25) is 0 Å². The summed E-state index contributed by atoms with van der Waals surface area (Å²) in [5.74, 6) is -0.984. The van der Waals surface area contributed by atoms with Gasteiger partial charge in [-0.1, -0.05) is 18.2 Å². The van der Waals surface area contributed by atoms with Crippen molar-refractivity contribution >= 4 is 29.2 Å². The van der Waals surface area contributed by atoms with Crippen LogP contribution >= 0.6 is 0 Å². The predicted molar refractivity (Wildman–Crippen MR) is 100.0 cm³/mol. The molecule has 0 aliphatic carbocycles. The van der Waals surface area contributed by atoms with Crippen molar-refractivity contribution < 1.29 is 24.2 Å². The monoisotopic (exact) mass is 368 g/mol. The topological polar surface area (TPSA) is 87.2 Å². The highest BCUT2D eigenvalue weighted by atomic mass is 16.5.